The summed E-state index contributed by atoms with van der Waals surface area (Å²) in [5.41, 5.74) is 0.430. The fourth-order valence-corrected chi connectivity index (χ4v) is 5.02. The summed E-state index contributed by atoms with van der Waals surface area (Å²) in [6.45, 7) is 1.28. The van der Waals surface area contributed by atoms with Crippen LogP contribution in [-0.4, -0.2) is 40.7 Å². The van der Waals surface area contributed by atoms with Crippen LogP contribution in [-0.2, 0) is 29.0 Å². The molecule has 28 heavy (non-hydrogen) atoms. The summed E-state index contributed by atoms with van der Waals surface area (Å²) in [5.74, 6) is -0.548. The Kier molecular flexibility index (Phi) is 4.86. The average molecular weight is 420 g/mol. The van der Waals surface area contributed by atoms with Crippen molar-refractivity contribution in [2.24, 2.45) is 0 Å². The Labute approximate surface area is 169 Å². The molecule has 0 aliphatic carbocycles. The van der Waals surface area contributed by atoms with Crippen LogP contribution < -0.4 is 11.2 Å². The van der Waals surface area contributed by atoms with Crippen LogP contribution in [0.15, 0.2) is 33.9 Å². The number of likely N-dealkylation sites (N-methyl/N-ethyl adjacent to an activating group) is 1. The van der Waals surface area contributed by atoms with Gasteiger partial charge in [-0.2, -0.15) is 0 Å². The van der Waals surface area contributed by atoms with Gasteiger partial charge in [0.2, 0.25) is 0 Å². The summed E-state index contributed by atoms with van der Waals surface area (Å²) in [6, 6.07) is 6.48. The third-order valence-corrected chi connectivity index (χ3v) is 6.40. The van der Waals surface area contributed by atoms with Gasteiger partial charge in [-0.3, -0.25) is 14.2 Å². The lowest BCUT2D eigenvalue weighted by Gasteiger charge is -2.21. The maximum absolute atomic E-state index is 13.4. The quantitative estimate of drug-likeness (QED) is 0.607. The number of hydrogen-bond acceptors (Lipinski definition) is 6. The summed E-state index contributed by atoms with van der Waals surface area (Å²) in [5, 5.41) is 1.01. The minimum absolute atomic E-state index is 0.255. The largest absolute Gasteiger partial charge is 0.468 e. The zero-order chi connectivity index (χ0) is 20.0. The molecule has 1 aliphatic heterocycles. The van der Waals surface area contributed by atoms with Crippen molar-refractivity contribution in [3.05, 3.63) is 60.6 Å². The second-order valence-corrected chi connectivity index (χ2v) is 8.25. The lowest BCUT2D eigenvalue weighted by molar-refractivity contribution is -0.141. The summed E-state index contributed by atoms with van der Waals surface area (Å²) in [6.07, 6.45) is 0.720. The third-order valence-electron chi connectivity index (χ3n) is 4.91. The van der Waals surface area contributed by atoms with E-state index >= 15 is 0 Å². The van der Waals surface area contributed by atoms with E-state index in [1.54, 1.807) is 24.3 Å². The number of ether oxygens (including phenoxy) is 1. The number of thiophene rings is 1. The van der Waals surface area contributed by atoms with Crippen molar-refractivity contribution in [1.29, 1.82) is 0 Å². The molecule has 0 bridgehead atoms. The highest BCUT2D eigenvalue weighted by atomic mass is 35.5. The van der Waals surface area contributed by atoms with Gasteiger partial charge in [-0.25, -0.2) is 9.36 Å². The van der Waals surface area contributed by atoms with Gasteiger partial charge in [0.05, 0.1) is 18.2 Å². The van der Waals surface area contributed by atoms with Gasteiger partial charge in [0, 0.05) is 23.0 Å². The van der Waals surface area contributed by atoms with Gasteiger partial charge in [-0.1, -0.05) is 11.6 Å². The molecule has 9 heteroatoms. The first-order valence-electron chi connectivity index (χ1n) is 8.72. The van der Waals surface area contributed by atoms with E-state index in [1.165, 1.54) is 23.0 Å². The number of esters is 1. The van der Waals surface area contributed by atoms with Crippen molar-refractivity contribution in [1.82, 2.24) is 14.0 Å². The van der Waals surface area contributed by atoms with Crippen molar-refractivity contribution in [3.8, 4) is 5.69 Å². The molecule has 0 atom stereocenters. The fraction of sp³-hybridized carbons (Fsp3) is 0.316. The van der Waals surface area contributed by atoms with Crippen molar-refractivity contribution in [3.63, 3.8) is 0 Å². The second-order valence-electron chi connectivity index (χ2n) is 6.73. The molecule has 146 valence electrons. The SMILES string of the molecule is COC(=O)Cn1c(=O)n(-c2ccc(Cl)cc2)c(=O)c2c3c(sc21)CN(C)CC3. The van der Waals surface area contributed by atoms with Crippen LogP contribution in [0.1, 0.15) is 10.4 Å². The molecule has 0 saturated heterocycles. The Morgan fingerprint density at radius 2 is 1.96 bits per heavy atom. The Morgan fingerprint density at radius 3 is 2.64 bits per heavy atom. The standard InChI is InChI=1S/C19H18ClN3O4S/c1-21-8-7-13-14(9-21)28-18-16(13)17(25)23(12-5-3-11(20)4-6-12)19(26)22(18)10-15(24)27-2/h3-6H,7-10H2,1-2H3. The van der Waals surface area contributed by atoms with Crippen molar-refractivity contribution in [2.75, 3.05) is 20.7 Å². The van der Waals surface area contributed by atoms with Crippen LogP contribution in [0, 0.1) is 0 Å². The van der Waals surface area contributed by atoms with E-state index in [1.807, 2.05) is 7.05 Å². The van der Waals surface area contributed by atoms with E-state index in [4.69, 9.17) is 16.3 Å². The van der Waals surface area contributed by atoms with Crippen LogP contribution in [0.3, 0.4) is 0 Å². The number of benzene rings is 1. The zero-order valence-corrected chi connectivity index (χ0v) is 17.0. The normalized spacial score (nSPS) is 14.2. The highest BCUT2D eigenvalue weighted by Crippen LogP contribution is 2.32. The minimum Gasteiger partial charge on any atom is -0.468 e. The van der Waals surface area contributed by atoms with Crippen LogP contribution in [0.2, 0.25) is 5.02 Å². The number of fused-ring (bicyclic) bond motifs is 3. The molecule has 0 unspecified atom stereocenters. The first-order chi connectivity index (χ1) is 13.4. The zero-order valence-electron chi connectivity index (χ0n) is 15.4. The number of methoxy groups -OCH3 is 1. The maximum Gasteiger partial charge on any atom is 0.337 e. The van der Waals surface area contributed by atoms with Gasteiger partial charge in [0.15, 0.2) is 0 Å². The number of carbonyl (C=O) groups excluding carboxylic acids is 1. The van der Waals surface area contributed by atoms with Gasteiger partial charge in [-0.15, -0.1) is 11.3 Å². The first-order valence-corrected chi connectivity index (χ1v) is 9.91. The third kappa shape index (κ3) is 3.07. The van der Waals surface area contributed by atoms with E-state index in [2.05, 4.69) is 4.90 Å². The van der Waals surface area contributed by atoms with Gasteiger partial charge < -0.3 is 9.64 Å². The van der Waals surface area contributed by atoms with Gasteiger partial charge in [0.1, 0.15) is 11.4 Å². The van der Waals surface area contributed by atoms with E-state index in [0.29, 0.717) is 27.5 Å². The Morgan fingerprint density at radius 1 is 1.25 bits per heavy atom. The first kappa shape index (κ1) is 18.9. The molecular weight excluding hydrogens is 402 g/mol. The van der Waals surface area contributed by atoms with Crippen LogP contribution >= 0.6 is 22.9 Å². The summed E-state index contributed by atoms with van der Waals surface area (Å²) < 4.78 is 7.20. The van der Waals surface area contributed by atoms with Crippen molar-refractivity contribution >= 4 is 39.1 Å². The highest BCUT2D eigenvalue weighted by molar-refractivity contribution is 7.18. The number of rotatable bonds is 3. The maximum atomic E-state index is 13.4. The summed E-state index contributed by atoms with van der Waals surface area (Å²) >= 11 is 7.35. The molecule has 0 amide bonds. The Bertz CT molecular complexity index is 1190. The molecule has 0 fully saturated rings. The Balaban J connectivity index is 2.07. The topological polar surface area (TPSA) is 73.5 Å². The minimum atomic E-state index is -0.572. The number of aromatic nitrogens is 2. The molecule has 1 aromatic carbocycles. The average Bonchev–Trinajstić information content (AvgIpc) is 3.05. The van der Waals surface area contributed by atoms with Gasteiger partial charge in [0.25, 0.3) is 5.56 Å². The van der Waals surface area contributed by atoms with Gasteiger partial charge >= 0.3 is 11.7 Å². The molecule has 0 spiro atoms. The second kappa shape index (κ2) is 7.20. The predicted octanol–water partition coefficient (Wildman–Crippen LogP) is 2.03. The monoisotopic (exact) mass is 419 g/mol. The number of nitrogens with zero attached hydrogens (tertiary/aromatic N) is 3. The molecule has 1 aliphatic rings. The van der Waals surface area contributed by atoms with Crippen molar-refractivity contribution < 1.29 is 9.53 Å². The van der Waals surface area contributed by atoms with E-state index in [0.717, 1.165) is 28.0 Å². The summed E-state index contributed by atoms with van der Waals surface area (Å²) in [7, 11) is 3.29. The van der Waals surface area contributed by atoms with E-state index in [9.17, 15) is 14.4 Å². The smallest absolute Gasteiger partial charge is 0.337 e. The van der Waals surface area contributed by atoms with Crippen LogP contribution in [0.4, 0.5) is 0 Å². The van der Waals surface area contributed by atoms with Crippen LogP contribution in [0.5, 0.6) is 0 Å². The number of carbonyl (C=O) groups is 1. The van der Waals surface area contributed by atoms with Crippen LogP contribution in [0.25, 0.3) is 15.9 Å². The van der Waals surface area contributed by atoms with Crippen molar-refractivity contribution in [2.45, 2.75) is 19.5 Å². The fourth-order valence-electron chi connectivity index (χ4n) is 3.48. The number of halogens is 1. The lowest BCUT2D eigenvalue weighted by atomic mass is 10.1. The van der Waals surface area contributed by atoms with Gasteiger partial charge in [-0.05, 0) is 43.3 Å². The Hall–Kier alpha value is -2.42. The molecule has 0 radical (unpaired) electrons. The molecule has 0 N–H and O–H groups in total. The lowest BCUT2D eigenvalue weighted by Crippen LogP contribution is -2.40. The molecule has 3 heterocycles. The molecular formula is C19H18ClN3O4S. The van der Waals surface area contributed by atoms with E-state index < -0.39 is 11.7 Å². The predicted molar refractivity (Wildman–Crippen MR) is 109 cm³/mol. The van der Waals surface area contributed by atoms with E-state index in [-0.39, 0.29) is 12.1 Å². The molecule has 0 saturated carbocycles. The molecule has 4 rings (SSSR count). The summed E-state index contributed by atoms with van der Waals surface area (Å²) in [4.78, 5) is 42.2. The highest BCUT2D eigenvalue weighted by Gasteiger charge is 2.26. The molecule has 7 nitrogen and oxygen atoms in total. The molecule has 2 aromatic heterocycles. The molecule has 3 aromatic rings. The number of hydrogen-bond donors (Lipinski definition) is 0.